The molecular weight excluding hydrogens is 931 g/mol. The van der Waals surface area contributed by atoms with Crippen LogP contribution in [-0.2, 0) is 21.9 Å². The van der Waals surface area contributed by atoms with Crippen LogP contribution >= 0.6 is 0 Å². The molecule has 0 radical (unpaired) electrons. The number of likely N-dealkylation sites (tertiary alicyclic amines) is 2. The van der Waals surface area contributed by atoms with E-state index < -0.39 is 35.3 Å². The third kappa shape index (κ3) is 14.0. The summed E-state index contributed by atoms with van der Waals surface area (Å²) < 4.78 is 77.0. The van der Waals surface area contributed by atoms with Gasteiger partial charge in [0.05, 0.1) is 36.3 Å². The van der Waals surface area contributed by atoms with E-state index in [4.69, 9.17) is 0 Å². The lowest BCUT2D eigenvalue weighted by atomic mass is 9.80. The SMILES string of the molecule is CN(C)c1ccncc1C1CCC(N2CC(NC(=O)CNC(=O)c3cccc(C(F)(F)F)c3)C2)CC1.CNc1ccncc1C1CCC(N2CC(NC(=O)CNC(=O)c3cccc(C(F)(F)F)c3)C2)CC1. The summed E-state index contributed by atoms with van der Waals surface area (Å²) >= 11 is 0. The molecule has 14 nitrogen and oxygen atoms in total. The highest BCUT2D eigenvalue weighted by atomic mass is 19.4. The van der Waals surface area contributed by atoms with Crippen LogP contribution in [0.1, 0.15) is 106 Å². The average Bonchev–Trinajstić information content (AvgIpc) is 3.34. The van der Waals surface area contributed by atoms with Crippen LogP contribution in [0.5, 0.6) is 0 Å². The maximum atomic E-state index is 12.8. The molecule has 2 aliphatic carbocycles. The third-order valence-electron chi connectivity index (χ3n) is 14.0. The number of hydrogen-bond acceptors (Lipinski definition) is 10. The Hall–Kier alpha value is -6.28. The second-order valence-corrected chi connectivity index (χ2v) is 19.0. The van der Waals surface area contributed by atoms with Crippen molar-refractivity contribution in [3.05, 3.63) is 119 Å². The van der Waals surface area contributed by atoms with E-state index in [1.807, 2.05) is 31.7 Å². The van der Waals surface area contributed by atoms with Crippen molar-refractivity contribution < 1.29 is 45.5 Å². The number of pyridine rings is 2. The van der Waals surface area contributed by atoms with Crippen LogP contribution < -0.4 is 31.5 Å². The molecule has 2 aromatic carbocycles. The molecule has 5 N–H and O–H groups in total. The number of benzene rings is 2. The van der Waals surface area contributed by atoms with Gasteiger partial charge in [0.1, 0.15) is 0 Å². The van der Waals surface area contributed by atoms with E-state index in [0.717, 1.165) is 107 Å². The predicted octanol–water partition coefficient (Wildman–Crippen LogP) is 6.82. The topological polar surface area (TPSA) is 164 Å². The van der Waals surface area contributed by atoms with Crippen LogP contribution in [0.4, 0.5) is 37.7 Å². The Morgan fingerprint density at radius 3 is 1.45 bits per heavy atom. The third-order valence-corrected chi connectivity index (χ3v) is 14.0. The van der Waals surface area contributed by atoms with Gasteiger partial charge in [-0.05, 0) is 123 Å². The van der Waals surface area contributed by atoms with Gasteiger partial charge >= 0.3 is 12.4 Å². The fourth-order valence-corrected chi connectivity index (χ4v) is 10.1. The molecular formula is C51H62F6N10O4. The Kier molecular flexibility index (Phi) is 17.2. The first kappa shape index (κ1) is 52.5. The summed E-state index contributed by atoms with van der Waals surface area (Å²) in [6.07, 6.45) is 7.29. The van der Waals surface area contributed by atoms with Crippen molar-refractivity contribution >= 4 is 35.0 Å². The molecule has 4 fully saturated rings. The number of carbonyl (C=O) groups is 4. The van der Waals surface area contributed by atoms with Crippen molar-refractivity contribution in [2.24, 2.45) is 0 Å². The van der Waals surface area contributed by atoms with Gasteiger partial charge in [0.2, 0.25) is 11.8 Å². The zero-order chi connectivity index (χ0) is 50.9. The minimum absolute atomic E-state index is 0.0133. The van der Waals surface area contributed by atoms with Crippen molar-refractivity contribution in [1.82, 2.24) is 41.0 Å². The number of aromatic nitrogens is 2. The van der Waals surface area contributed by atoms with Crippen LogP contribution in [0.2, 0.25) is 0 Å². The van der Waals surface area contributed by atoms with Crippen molar-refractivity contribution in [3.63, 3.8) is 0 Å². The minimum atomic E-state index is -4.53. The van der Waals surface area contributed by atoms with Gasteiger partial charge in [-0.25, -0.2) is 0 Å². The number of halogens is 6. The molecule has 2 aliphatic heterocycles. The molecule has 0 bridgehead atoms. The van der Waals surface area contributed by atoms with Crippen molar-refractivity contribution in [2.45, 2.75) is 99.7 Å². The summed E-state index contributed by atoms with van der Waals surface area (Å²) in [7, 11) is 6.03. The summed E-state index contributed by atoms with van der Waals surface area (Å²) in [5, 5.41) is 13.8. The Bertz CT molecular complexity index is 2460. The number of amides is 4. The number of nitrogens with one attached hydrogen (secondary N) is 5. The van der Waals surface area contributed by atoms with Crippen molar-refractivity contribution in [3.8, 4) is 0 Å². The molecule has 8 rings (SSSR count). The highest BCUT2D eigenvalue weighted by molar-refractivity contribution is 5.97. The first-order valence-electron chi connectivity index (χ1n) is 24.1. The Balaban J connectivity index is 0.000000209. The van der Waals surface area contributed by atoms with E-state index in [9.17, 15) is 45.5 Å². The number of nitrogens with zero attached hydrogens (tertiary/aromatic N) is 5. The van der Waals surface area contributed by atoms with Gasteiger partial charge in [-0.1, -0.05) is 12.1 Å². The number of carbonyl (C=O) groups excluding carboxylic acids is 4. The smallest absolute Gasteiger partial charge is 0.388 e. The molecule has 2 aromatic heterocycles. The molecule has 4 amide bonds. The highest BCUT2D eigenvalue weighted by Crippen LogP contribution is 2.40. The van der Waals surface area contributed by atoms with E-state index >= 15 is 0 Å². The highest BCUT2D eigenvalue weighted by Gasteiger charge is 2.38. The lowest BCUT2D eigenvalue weighted by Crippen LogP contribution is -2.63. The summed E-state index contributed by atoms with van der Waals surface area (Å²) in [5.74, 6) is -1.13. The normalized spacial score (nSPS) is 21.0. The minimum Gasteiger partial charge on any atom is -0.388 e. The molecule has 4 aliphatic rings. The van der Waals surface area contributed by atoms with Gasteiger partial charge in [0.15, 0.2) is 0 Å². The Morgan fingerprint density at radius 2 is 1.03 bits per heavy atom. The lowest BCUT2D eigenvalue weighted by molar-refractivity contribution is -0.138. The fourth-order valence-electron chi connectivity index (χ4n) is 10.1. The van der Waals surface area contributed by atoms with Gasteiger partial charge in [-0.2, -0.15) is 26.3 Å². The molecule has 71 heavy (non-hydrogen) atoms. The molecule has 2 saturated carbocycles. The van der Waals surface area contributed by atoms with Gasteiger partial charge in [0, 0.05) is 107 Å². The number of hydrogen-bond donors (Lipinski definition) is 5. The van der Waals surface area contributed by atoms with Crippen LogP contribution in [-0.4, -0.2) is 128 Å². The van der Waals surface area contributed by atoms with Crippen LogP contribution in [0.15, 0.2) is 85.5 Å². The second-order valence-electron chi connectivity index (χ2n) is 19.0. The summed E-state index contributed by atoms with van der Waals surface area (Å²) in [4.78, 5) is 64.3. The average molecular weight is 993 g/mol. The van der Waals surface area contributed by atoms with E-state index in [-0.39, 0.29) is 48.1 Å². The summed E-state index contributed by atoms with van der Waals surface area (Å²) in [6.45, 7) is 2.48. The van der Waals surface area contributed by atoms with E-state index in [1.54, 1.807) is 6.20 Å². The molecule has 4 aromatic rings. The van der Waals surface area contributed by atoms with Gasteiger partial charge in [0.25, 0.3) is 11.8 Å². The van der Waals surface area contributed by atoms with Gasteiger partial charge < -0.3 is 31.5 Å². The largest absolute Gasteiger partial charge is 0.416 e. The lowest BCUT2D eigenvalue weighted by Gasteiger charge is -2.47. The zero-order valence-corrected chi connectivity index (χ0v) is 40.1. The van der Waals surface area contributed by atoms with Crippen LogP contribution in [0.3, 0.4) is 0 Å². The molecule has 20 heteroatoms. The Labute approximate surface area is 409 Å². The van der Waals surface area contributed by atoms with Crippen LogP contribution in [0, 0.1) is 0 Å². The first-order valence-corrected chi connectivity index (χ1v) is 24.1. The molecule has 0 unspecified atom stereocenters. The number of alkyl halides is 6. The zero-order valence-electron chi connectivity index (χ0n) is 40.1. The summed E-state index contributed by atoms with van der Waals surface area (Å²) in [6, 6.07) is 13.4. The van der Waals surface area contributed by atoms with Gasteiger partial charge in [-0.15, -0.1) is 0 Å². The molecule has 382 valence electrons. The van der Waals surface area contributed by atoms with Crippen molar-refractivity contribution in [1.29, 1.82) is 0 Å². The monoisotopic (exact) mass is 992 g/mol. The fraction of sp³-hybridized carbons (Fsp3) is 0.490. The predicted molar refractivity (Wildman–Crippen MR) is 257 cm³/mol. The van der Waals surface area contributed by atoms with E-state index in [1.165, 1.54) is 41.1 Å². The Morgan fingerprint density at radius 1 is 0.606 bits per heavy atom. The molecule has 4 heterocycles. The summed E-state index contributed by atoms with van der Waals surface area (Å²) in [5.41, 5.74) is 2.87. The van der Waals surface area contributed by atoms with Gasteiger partial charge in [-0.3, -0.25) is 38.9 Å². The number of anilines is 2. The van der Waals surface area contributed by atoms with E-state index in [2.05, 4.69) is 71.4 Å². The second kappa shape index (κ2) is 23.3. The standard InChI is InChI=1S/C26H32F3N5O2.C25H30F3N5O2/c1-33(2)23-10-11-30-13-22(23)17-6-8-21(9-7-17)34-15-20(16-34)32-24(35)14-31-25(36)18-4-3-5-19(12-18)26(27,28)29;1-29-22-9-10-30-12-21(22)16-5-7-20(8-6-16)33-14-19(15-33)32-23(34)13-31-24(35)17-3-2-4-18(11-17)25(26,27)28/h3-5,10-13,17,20-21H,6-9,14-16H2,1-2H3,(H,31,36)(H,32,35);2-4,9-12,16,19-20H,5-8,13-15H2,1H3,(H,29,30)(H,31,35)(H,32,34). The molecule has 2 saturated heterocycles. The maximum Gasteiger partial charge on any atom is 0.416 e. The van der Waals surface area contributed by atoms with Crippen LogP contribution in [0.25, 0.3) is 0 Å². The molecule has 0 atom stereocenters. The maximum absolute atomic E-state index is 12.8. The number of rotatable bonds is 14. The molecule has 0 spiro atoms. The van der Waals surface area contributed by atoms with E-state index in [0.29, 0.717) is 23.9 Å². The quantitative estimate of drug-likeness (QED) is 0.0848. The van der Waals surface area contributed by atoms with Crippen molar-refractivity contribution in [2.75, 3.05) is 70.6 Å². The first-order chi connectivity index (χ1) is 33.9.